The molecule has 5 heteroatoms. The summed E-state index contributed by atoms with van der Waals surface area (Å²) < 4.78 is 0. The molecule has 0 aromatic heterocycles. The zero-order chi connectivity index (χ0) is 14.5. The lowest BCUT2D eigenvalue weighted by atomic mass is 10.2. The summed E-state index contributed by atoms with van der Waals surface area (Å²) in [5.41, 5.74) is 1.19. The maximum Gasteiger partial charge on any atom is 0.237 e. The van der Waals surface area contributed by atoms with Crippen LogP contribution < -0.4 is 10.2 Å². The van der Waals surface area contributed by atoms with E-state index in [1.165, 1.54) is 5.69 Å². The third-order valence-corrected chi connectivity index (χ3v) is 4.04. The Balaban J connectivity index is 1.89. The highest BCUT2D eigenvalue weighted by Crippen LogP contribution is 2.20. The SMILES string of the molecule is CCNC(=O)[C@H](C)N1CCN(c2ccc(Cl)cc2)CC1. The summed E-state index contributed by atoms with van der Waals surface area (Å²) in [6.07, 6.45) is 0. The number of anilines is 1. The van der Waals surface area contributed by atoms with E-state index in [0.717, 1.165) is 31.2 Å². The third-order valence-electron chi connectivity index (χ3n) is 3.78. The molecule has 0 aliphatic carbocycles. The van der Waals surface area contributed by atoms with Gasteiger partial charge in [-0.2, -0.15) is 0 Å². The number of rotatable bonds is 4. The third kappa shape index (κ3) is 3.64. The lowest BCUT2D eigenvalue weighted by Crippen LogP contribution is -2.54. The highest BCUT2D eigenvalue weighted by atomic mass is 35.5. The number of hydrogen-bond donors (Lipinski definition) is 1. The summed E-state index contributed by atoms with van der Waals surface area (Å²) in [7, 11) is 0. The van der Waals surface area contributed by atoms with Gasteiger partial charge in [0.1, 0.15) is 0 Å². The molecular weight excluding hydrogens is 274 g/mol. The van der Waals surface area contributed by atoms with Gasteiger partial charge in [-0.05, 0) is 38.1 Å². The van der Waals surface area contributed by atoms with Crippen molar-refractivity contribution in [1.82, 2.24) is 10.2 Å². The standard InChI is InChI=1S/C15H22ClN3O/c1-3-17-15(20)12(2)18-8-10-19(11-9-18)14-6-4-13(16)5-7-14/h4-7,12H,3,8-11H2,1-2H3,(H,17,20)/t12-/m0/s1. The molecule has 0 radical (unpaired) electrons. The Hall–Kier alpha value is -1.26. The number of hydrogen-bond acceptors (Lipinski definition) is 3. The molecule has 20 heavy (non-hydrogen) atoms. The van der Waals surface area contributed by atoms with Crippen LogP contribution in [0.25, 0.3) is 0 Å². The van der Waals surface area contributed by atoms with Crippen LogP contribution >= 0.6 is 11.6 Å². The first-order chi connectivity index (χ1) is 9.61. The van der Waals surface area contributed by atoms with E-state index in [1.807, 2.05) is 38.1 Å². The first-order valence-electron chi connectivity index (χ1n) is 7.14. The minimum Gasteiger partial charge on any atom is -0.369 e. The summed E-state index contributed by atoms with van der Waals surface area (Å²) in [6, 6.07) is 7.87. The van der Waals surface area contributed by atoms with Crippen LogP contribution in [0.5, 0.6) is 0 Å². The van der Waals surface area contributed by atoms with Crippen molar-refractivity contribution in [3.63, 3.8) is 0 Å². The zero-order valence-electron chi connectivity index (χ0n) is 12.1. The van der Waals surface area contributed by atoms with E-state index in [9.17, 15) is 4.79 Å². The van der Waals surface area contributed by atoms with E-state index in [-0.39, 0.29) is 11.9 Å². The first-order valence-corrected chi connectivity index (χ1v) is 7.52. The number of nitrogens with one attached hydrogen (secondary N) is 1. The average Bonchev–Trinajstić information content (AvgIpc) is 2.48. The number of carbonyl (C=O) groups is 1. The highest BCUT2D eigenvalue weighted by Gasteiger charge is 2.25. The van der Waals surface area contributed by atoms with E-state index in [4.69, 9.17) is 11.6 Å². The lowest BCUT2D eigenvalue weighted by Gasteiger charge is -2.38. The van der Waals surface area contributed by atoms with Gasteiger partial charge >= 0.3 is 0 Å². The largest absolute Gasteiger partial charge is 0.369 e. The number of amides is 1. The molecule has 4 nitrogen and oxygen atoms in total. The fourth-order valence-electron chi connectivity index (χ4n) is 2.51. The Bertz CT molecular complexity index is 441. The molecule has 1 amide bonds. The molecule has 0 unspecified atom stereocenters. The van der Waals surface area contributed by atoms with Crippen LogP contribution in [-0.2, 0) is 4.79 Å². The minimum atomic E-state index is -0.0534. The molecule has 1 fully saturated rings. The van der Waals surface area contributed by atoms with Gasteiger partial charge in [0.25, 0.3) is 0 Å². The molecule has 1 saturated heterocycles. The Morgan fingerprint density at radius 3 is 2.40 bits per heavy atom. The van der Waals surface area contributed by atoms with Gasteiger partial charge < -0.3 is 10.2 Å². The molecule has 1 heterocycles. The molecule has 1 aromatic rings. The molecule has 1 aromatic carbocycles. The summed E-state index contributed by atoms with van der Waals surface area (Å²) in [5, 5.41) is 3.64. The predicted octanol–water partition coefficient (Wildman–Crippen LogP) is 1.99. The molecule has 2 rings (SSSR count). The number of carbonyl (C=O) groups excluding carboxylic acids is 1. The first kappa shape index (κ1) is 15.1. The van der Waals surface area contributed by atoms with Crippen molar-refractivity contribution in [3.8, 4) is 0 Å². The van der Waals surface area contributed by atoms with Crippen LogP contribution in [0.15, 0.2) is 24.3 Å². The molecule has 1 atom stereocenters. The van der Waals surface area contributed by atoms with Crippen LogP contribution in [0, 0.1) is 0 Å². The monoisotopic (exact) mass is 295 g/mol. The van der Waals surface area contributed by atoms with Gasteiger partial charge in [0.2, 0.25) is 5.91 Å². The number of likely N-dealkylation sites (N-methyl/N-ethyl adjacent to an activating group) is 1. The van der Waals surface area contributed by atoms with Crippen LogP contribution in [-0.4, -0.2) is 49.6 Å². The van der Waals surface area contributed by atoms with E-state index in [1.54, 1.807) is 0 Å². The molecule has 0 bridgehead atoms. The fraction of sp³-hybridized carbons (Fsp3) is 0.533. The van der Waals surface area contributed by atoms with Crippen molar-refractivity contribution in [1.29, 1.82) is 0 Å². The molecule has 110 valence electrons. The maximum atomic E-state index is 11.9. The van der Waals surface area contributed by atoms with Crippen molar-refractivity contribution in [2.45, 2.75) is 19.9 Å². The molecule has 1 N–H and O–H groups in total. The Kier molecular flexibility index (Phi) is 5.26. The van der Waals surface area contributed by atoms with Crippen LogP contribution in [0.4, 0.5) is 5.69 Å². The lowest BCUT2D eigenvalue weighted by molar-refractivity contribution is -0.125. The van der Waals surface area contributed by atoms with Crippen LogP contribution in [0.1, 0.15) is 13.8 Å². The minimum absolute atomic E-state index is 0.0534. The Morgan fingerprint density at radius 2 is 1.85 bits per heavy atom. The zero-order valence-corrected chi connectivity index (χ0v) is 12.9. The number of piperazine rings is 1. The molecule has 0 saturated carbocycles. The molecule has 0 spiro atoms. The summed E-state index contributed by atoms with van der Waals surface area (Å²) in [5.74, 6) is 0.118. The van der Waals surface area contributed by atoms with Crippen molar-refractivity contribution >= 4 is 23.2 Å². The number of halogens is 1. The van der Waals surface area contributed by atoms with Gasteiger partial charge in [-0.15, -0.1) is 0 Å². The molecular formula is C15H22ClN3O. The van der Waals surface area contributed by atoms with Crippen molar-refractivity contribution < 1.29 is 4.79 Å². The summed E-state index contributed by atoms with van der Waals surface area (Å²) in [4.78, 5) is 16.4. The fourth-order valence-corrected chi connectivity index (χ4v) is 2.63. The quantitative estimate of drug-likeness (QED) is 0.923. The maximum absolute atomic E-state index is 11.9. The average molecular weight is 296 g/mol. The van der Waals surface area contributed by atoms with Crippen molar-refractivity contribution in [3.05, 3.63) is 29.3 Å². The second-order valence-corrected chi connectivity index (χ2v) is 5.51. The van der Waals surface area contributed by atoms with Gasteiger partial charge in [-0.3, -0.25) is 9.69 Å². The van der Waals surface area contributed by atoms with Gasteiger partial charge in [0, 0.05) is 43.4 Å². The van der Waals surface area contributed by atoms with Crippen molar-refractivity contribution in [2.75, 3.05) is 37.6 Å². The summed E-state index contributed by atoms with van der Waals surface area (Å²) in [6.45, 7) is 8.29. The predicted molar refractivity (Wildman–Crippen MR) is 83.4 cm³/mol. The second kappa shape index (κ2) is 6.95. The van der Waals surface area contributed by atoms with E-state index in [0.29, 0.717) is 6.54 Å². The van der Waals surface area contributed by atoms with Gasteiger partial charge in [-0.25, -0.2) is 0 Å². The topological polar surface area (TPSA) is 35.6 Å². The van der Waals surface area contributed by atoms with Crippen LogP contribution in [0.2, 0.25) is 5.02 Å². The van der Waals surface area contributed by atoms with Gasteiger partial charge in [0.05, 0.1) is 6.04 Å². The van der Waals surface area contributed by atoms with E-state index < -0.39 is 0 Å². The second-order valence-electron chi connectivity index (χ2n) is 5.07. The van der Waals surface area contributed by atoms with Gasteiger partial charge in [-0.1, -0.05) is 11.6 Å². The molecule has 1 aliphatic rings. The Labute approximate surface area is 125 Å². The smallest absolute Gasteiger partial charge is 0.237 e. The van der Waals surface area contributed by atoms with E-state index >= 15 is 0 Å². The van der Waals surface area contributed by atoms with E-state index in [2.05, 4.69) is 15.1 Å². The number of benzene rings is 1. The van der Waals surface area contributed by atoms with Crippen molar-refractivity contribution in [2.24, 2.45) is 0 Å². The van der Waals surface area contributed by atoms with Gasteiger partial charge in [0.15, 0.2) is 0 Å². The molecule has 1 aliphatic heterocycles. The summed E-state index contributed by atoms with van der Waals surface area (Å²) >= 11 is 5.91. The Morgan fingerprint density at radius 1 is 1.25 bits per heavy atom. The number of nitrogens with zero attached hydrogens (tertiary/aromatic N) is 2. The normalized spacial score (nSPS) is 17.9. The van der Waals surface area contributed by atoms with Crippen LogP contribution in [0.3, 0.4) is 0 Å². The highest BCUT2D eigenvalue weighted by molar-refractivity contribution is 6.30.